The zero-order chi connectivity index (χ0) is 15.9. The van der Waals surface area contributed by atoms with Crippen LogP contribution in [0.2, 0.25) is 0 Å². The summed E-state index contributed by atoms with van der Waals surface area (Å²) in [6, 6.07) is 0.352. The second kappa shape index (κ2) is 8.32. The van der Waals surface area contributed by atoms with Crippen LogP contribution in [0.5, 0.6) is 0 Å². The number of methoxy groups -OCH3 is 1. The molecular weight excluding hydrogens is 278 g/mol. The minimum Gasteiger partial charge on any atom is -0.385 e. The fraction of sp³-hybridized carbons (Fsp3) is 0.765. The van der Waals surface area contributed by atoms with E-state index < -0.39 is 0 Å². The third kappa shape index (κ3) is 4.09. The van der Waals surface area contributed by atoms with Gasteiger partial charge in [-0.25, -0.2) is 0 Å². The molecule has 1 aromatic rings. The van der Waals surface area contributed by atoms with E-state index in [4.69, 9.17) is 4.74 Å². The summed E-state index contributed by atoms with van der Waals surface area (Å²) in [5.74, 6) is 0.155. The Morgan fingerprint density at radius 1 is 1.45 bits per heavy atom. The van der Waals surface area contributed by atoms with E-state index in [1.165, 1.54) is 6.42 Å². The van der Waals surface area contributed by atoms with Crippen LogP contribution in [0.1, 0.15) is 61.5 Å². The molecule has 1 atom stereocenters. The molecule has 1 aliphatic rings. The predicted octanol–water partition coefficient (Wildman–Crippen LogP) is 3.02. The van der Waals surface area contributed by atoms with Crippen molar-refractivity contribution in [1.29, 1.82) is 0 Å². The number of hydrogen-bond donors (Lipinski definition) is 0. The lowest BCUT2D eigenvalue weighted by atomic mass is 9.97. The Morgan fingerprint density at radius 2 is 2.27 bits per heavy atom. The Labute approximate surface area is 133 Å². The molecular formula is C17H29N3O2. The van der Waals surface area contributed by atoms with Crippen molar-refractivity contribution in [3.63, 3.8) is 0 Å². The van der Waals surface area contributed by atoms with Crippen molar-refractivity contribution in [3.05, 3.63) is 17.5 Å². The van der Waals surface area contributed by atoms with E-state index in [2.05, 4.69) is 16.9 Å². The largest absolute Gasteiger partial charge is 0.385 e. The molecule has 0 bridgehead atoms. The van der Waals surface area contributed by atoms with Gasteiger partial charge in [-0.2, -0.15) is 5.10 Å². The van der Waals surface area contributed by atoms with E-state index in [-0.39, 0.29) is 5.91 Å². The fourth-order valence-corrected chi connectivity index (χ4v) is 3.26. The van der Waals surface area contributed by atoms with Crippen molar-refractivity contribution in [3.8, 4) is 0 Å². The maximum atomic E-state index is 12.9. The number of aromatic nitrogens is 2. The molecule has 1 aromatic heterocycles. The maximum Gasteiger partial charge on any atom is 0.257 e. The maximum absolute atomic E-state index is 12.9. The molecule has 0 saturated carbocycles. The number of hydrogen-bond acceptors (Lipinski definition) is 3. The number of likely N-dealkylation sites (tertiary alicyclic amines) is 1. The van der Waals surface area contributed by atoms with Gasteiger partial charge in [-0.15, -0.1) is 0 Å². The SMILES string of the molecule is CCCn1cc(C(=O)N2CCCC[C@H]2CCCOC)c(C)n1. The minimum atomic E-state index is 0.155. The summed E-state index contributed by atoms with van der Waals surface area (Å²) in [5, 5.41) is 4.47. The van der Waals surface area contributed by atoms with Gasteiger partial charge in [-0.3, -0.25) is 9.48 Å². The number of ether oxygens (including phenoxy) is 1. The van der Waals surface area contributed by atoms with Crippen LogP contribution in [0.3, 0.4) is 0 Å². The predicted molar refractivity (Wildman–Crippen MR) is 87.0 cm³/mol. The summed E-state index contributed by atoms with van der Waals surface area (Å²) >= 11 is 0. The van der Waals surface area contributed by atoms with Gasteiger partial charge >= 0.3 is 0 Å². The van der Waals surface area contributed by atoms with Crippen molar-refractivity contribution in [1.82, 2.24) is 14.7 Å². The summed E-state index contributed by atoms with van der Waals surface area (Å²) in [5.41, 5.74) is 1.62. The zero-order valence-corrected chi connectivity index (χ0v) is 14.2. The molecule has 22 heavy (non-hydrogen) atoms. The first-order valence-electron chi connectivity index (χ1n) is 8.51. The van der Waals surface area contributed by atoms with Gasteiger partial charge < -0.3 is 9.64 Å². The van der Waals surface area contributed by atoms with E-state index in [1.807, 2.05) is 17.8 Å². The molecule has 1 saturated heterocycles. The van der Waals surface area contributed by atoms with Crippen molar-refractivity contribution in [2.24, 2.45) is 0 Å². The lowest BCUT2D eigenvalue weighted by Gasteiger charge is -2.35. The molecule has 0 radical (unpaired) electrons. The van der Waals surface area contributed by atoms with Gasteiger partial charge in [0.1, 0.15) is 0 Å². The Hall–Kier alpha value is -1.36. The molecule has 0 N–H and O–H groups in total. The zero-order valence-electron chi connectivity index (χ0n) is 14.2. The molecule has 0 spiro atoms. The lowest BCUT2D eigenvalue weighted by molar-refractivity contribution is 0.0584. The summed E-state index contributed by atoms with van der Waals surface area (Å²) in [6.45, 7) is 6.56. The van der Waals surface area contributed by atoms with E-state index in [9.17, 15) is 4.79 Å². The monoisotopic (exact) mass is 307 g/mol. The van der Waals surface area contributed by atoms with Crippen molar-refractivity contribution < 1.29 is 9.53 Å². The standard InChI is InChI=1S/C17H29N3O2/c1-4-10-19-13-16(14(2)18-19)17(21)20-11-6-5-8-15(20)9-7-12-22-3/h13,15H,4-12H2,1-3H3/t15-/m0/s1. The van der Waals surface area contributed by atoms with Crippen LogP contribution in [-0.4, -0.2) is 46.9 Å². The Bertz CT molecular complexity index is 484. The van der Waals surface area contributed by atoms with Gasteiger partial charge in [0.25, 0.3) is 5.91 Å². The van der Waals surface area contributed by atoms with Gasteiger partial charge in [0.15, 0.2) is 0 Å². The van der Waals surface area contributed by atoms with Gasteiger partial charge in [-0.05, 0) is 45.4 Å². The number of rotatable bonds is 7. The van der Waals surface area contributed by atoms with Crippen LogP contribution >= 0.6 is 0 Å². The van der Waals surface area contributed by atoms with E-state index >= 15 is 0 Å². The first-order valence-corrected chi connectivity index (χ1v) is 8.51. The van der Waals surface area contributed by atoms with Gasteiger partial charge in [0.2, 0.25) is 0 Å². The number of carbonyl (C=O) groups is 1. The van der Waals surface area contributed by atoms with E-state index in [0.717, 1.165) is 63.1 Å². The quantitative estimate of drug-likeness (QED) is 0.728. The number of amides is 1. The first-order chi connectivity index (χ1) is 10.7. The van der Waals surface area contributed by atoms with Crippen LogP contribution in [0.15, 0.2) is 6.20 Å². The second-order valence-corrected chi connectivity index (χ2v) is 6.17. The molecule has 0 unspecified atom stereocenters. The van der Waals surface area contributed by atoms with E-state index in [0.29, 0.717) is 6.04 Å². The Morgan fingerprint density at radius 3 is 3.00 bits per heavy atom. The third-order valence-electron chi connectivity index (χ3n) is 4.40. The van der Waals surface area contributed by atoms with Gasteiger partial charge in [0, 0.05) is 39.0 Å². The average Bonchev–Trinajstić information content (AvgIpc) is 2.88. The van der Waals surface area contributed by atoms with Crippen molar-refractivity contribution in [2.45, 2.75) is 65.0 Å². The highest BCUT2D eigenvalue weighted by atomic mass is 16.5. The number of aryl methyl sites for hydroxylation is 2. The number of nitrogens with zero attached hydrogens (tertiary/aromatic N) is 3. The first kappa shape index (κ1) is 17.0. The number of carbonyl (C=O) groups excluding carboxylic acids is 1. The highest BCUT2D eigenvalue weighted by Crippen LogP contribution is 2.24. The highest BCUT2D eigenvalue weighted by Gasteiger charge is 2.28. The van der Waals surface area contributed by atoms with Crippen molar-refractivity contribution >= 4 is 5.91 Å². The smallest absolute Gasteiger partial charge is 0.257 e. The van der Waals surface area contributed by atoms with Crippen molar-refractivity contribution in [2.75, 3.05) is 20.3 Å². The minimum absolute atomic E-state index is 0.155. The molecule has 2 heterocycles. The fourth-order valence-electron chi connectivity index (χ4n) is 3.26. The van der Waals surface area contributed by atoms with Crippen LogP contribution in [0, 0.1) is 6.92 Å². The topological polar surface area (TPSA) is 47.4 Å². The Balaban J connectivity index is 2.07. The third-order valence-corrected chi connectivity index (χ3v) is 4.40. The van der Waals surface area contributed by atoms with Gasteiger partial charge in [-0.1, -0.05) is 6.92 Å². The molecule has 2 rings (SSSR count). The molecule has 1 aliphatic heterocycles. The molecule has 1 amide bonds. The lowest BCUT2D eigenvalue weighted by Crippen LogP contribution is -2.44. The summed E-state index contributed by atoms with van der Waals surface area (Å²) in [6.07, 6.45) is 8.42. The molecule has 0 aromatic carbocycles. The molecule has 5 nitrogen and oxygen atoms in total. The molecule has 1 fully saturated rings. The summed E-state index contributed by atoms with van der Waals surface area (Å²) in [4.78, 5) is 15.0. The Kier molecular flexibility index (Phi) is 6.43. The normalized spacial score (nSPS) is 18.7. The summed E-state index contributed by atoms with van der Waals surface area (Å²) < 4.78 is 7.04. The van der Waals surface area contributed by atoms with Crippen LogP contribution in [0.4, 0.5) is 0 Å². The van der Waals surface area contributed by atoms with Gasteiger partial charge in [0.05, 0.1) is 11.3 Å². The molecule has 0 aliphatic carbocycles. The average molecular weight is 307 g/mol. The summed E-state index contributed by atoms with van der Waals surface area (Å²) in [7, 11) is 1.73. The van der Waals surface area contributed by atoms with E-state index in [1.54, 1.807) is 7.11 Å². The molecule has 124 valence electrons. The number of piperidine rings is 1. The van der Waals surface area contributed by atoms with Crippen LogP contribution in [0.25, 0.3) is 0 Å². The van der Waals surface area contributed by atoms with Crippen LogP contribution in [-0.2, 0) is 11.3 Å². The second-order valence-electron chi connectivity index (χ2n) is 6.17. The van der Waals surface area contributed by atoms with Crippen LogP contribution < -0.4 is 0 Å². The molecule has 5 heteroatoms. The highest BCUT2D eigenvalue weighted by molar-refractivity contribution is 5.95.